The number of fused-ring (bicyclic) bond motifs is 1. The van der Waals surface area contributed by atoms with Crippen molar-refractivity contribution in [2.24, 2.45) is 0 Å². The second-order valence-corrected chi connectivity index (χ2v) is 6.36. The molecule has 0 spiro atoms. The molecule has 3 rings (SSSR count). The molecule has 0 heterocycles. The van der Waals surface area contributed by atoms with E-state index in [1.165, 1.54) is 11.1 Å². The molecule has 27 heavy (non-hydrogen) atoms. The standard InChI is InChI=1S/C22H27NO4/c1-4-25-19-13-16(14-20(26-5-2)21(19)27-6-3)22(24)23-18-12-11-15-9-7-8-10-17(15)18/h7-10,13-14,18H,4-6,11-12H2,1-3H3,(H,23,24)/t18-/m0/s1. The maximum Gasteiger partial charge on any atom is 0.252 e. The second-order valence-electron chi connectivity index (χ2n) is 6.36. The fourth-order valence-electron chi connectivity index (χ4n) is 3.47. The largest absolute Gasteiger partial charge is 0.490 e. The van der Waals surface area contributed by atoms with E-state index in [-0.39, 0.29) is 11.9 Å². The van der Waals surface area contributed by atoms with Crippen molar-refractivity contribution < 1.29 is 19.0 Å². The molecular weight excluding hydrogens is 342 g/mol. The number of carbonyl (C=O) groups excluding carboxylic acids is 1. The monoisotopic (exact) mass is 369 g/mol. The Bertz CT molecular complexity index is 776. The quantitative estimate of drug-likeness (QED) is 0.754. The van der Waals surface area contributed by atoms with Crippen LogP contribution in [0.15, 0.2) is 36.4 Å². The molecule has 1 atom stereocenters. The van der Waals surface area contributed by atoms with E-state index in [2.05, 4.69) is 17.4 Å². The van der Waals surface area contributed by atoms with Crippen molar-refractivity contribution in [2.45, 2.75) is 39.7 Å². The van der Waals surface area contributed by atoms with Crippen molar-refractivity contribution in [3.05, 3.63) is 53.1 Å². The van der Waals surface area contributed by atoms with Crippen LogP contribution in [0, 0.1) is 0 Å². The first-order chi connectivity index (χ1) is 13.2. The molecule has 0 radical (unpaired) electrons. The molecule has 144 valence electrons. The van der Waals surface area contributed by atoms with Crippen LogP contribution >= 0.6 is 0 Å². The summed E-state index contributed by atoms with van der Waals surface area (Å²) >= 11 is 0. The van der Waals surface area contributed by atoms with Gasteiger partial charge in [-0.05, 0) is 56.9 Å². The summed E-state index contributed by atoms with van der Waals surface area (Å²) in [7, 11) is 0. The van der Waals surface area contributed by atoms with Crippen molar-refractivity contribution in [2.75, 3.05) is 19.8 Å². The van der Waals surface area contributed by atoms with E-state index in [0.29, 0.717) is 42.6 Å². The fraction of sp³-hybridized carbons (Fsp3) is 0.409. The van der Waals surface area contributed by atoms with Gasteiger partial charge in [0.15, 0.2) is 11.5 Å². The zero-order chi connectivity index (χ0) is 19.2. The van der Waals surface area contributed by atoms with Crippen LogP contribution in [-0.2, 0) is 6.42 Å². The second kappa shape index (κ2) is 8.80. The first-order valence-electron chi connectivity index (χ1n) is 9.63. The van der Waals surface area contributed by atoms with Gasteiger partial charge in [0.25, 0.3) is 5.91 Å². The Hall–Kier alpha value is -2.69. The summed E-state index contributed by atoms with van der Waals surface area (Å²) in [6, 6.07) is 11.8. The molecule has 2 aromatic rings. The zero-order valence-corrected chi connectivity index (χ0v) is 16.2. The van der Waals surface area contributed by atoms with E-state index in [1.807, 2.05) is 32.9 Å². The molecule has 5 heteroatoms. The molecule has 2 aromatic carbocycles. The Morgan fingerprint density at radius 3 is 2.26 bits per heavy atom. The lowest BCUT2D eigenvalue weighted by molar-refractivity contribution is 0.0935. The lowest BCUT2D eigenvalue weighted by Gasteiger charge is -2.18. The van der Waals surface area contributed by atoms with E-state index in [0.717, 1.165) is 12.8 Å². The van der Waals surface area contributed by atoms with Gasteiger partial charge in [-0.2, -0.15) is 0 Å². The maximum absolute atomic E-state index is 12.9. The van der Waals surface area contributed by atoms with Gasteiger partial charge in [0.1, 0.15) is 0 Å². The molecule has 0 aromatic heterocycles. The fourth-order valence-corrected chi connectivity index (χ4v) is 3.47. The van der Waals surface area contributed by atoms with Crippen molar-refractivity contribution in [1.29, 1.82) is 0 Å². The molecule has 0 fully saturated rings. The van der Waals surface area contributed by atoms with E-state index < -0.39 is 0 Å². The average molecular weight is 369 g/mol. The SMILES string of the molecule is CCOc1cc(C(=O)N[C@H]2CCc3ccccc32)cc(OCC)c1OCC. The Morgan fingerprint density at radius 1 is 1.00 bits per heavy atom. The van der Waals surface area contributed by atoms with Crippen LogP contribution < -0.4 is 19.5 Å². The highest BCUT2D eigenvalue weighted by Crippen LogP contribution is 2.39. The van der Waals surface area contributed by atoms with Crippen LogP contribution in [0.2, 0.25) is 0 Å². The van der Waals surface area contributed by atoms with Gasteiger partial charge in [-0.15, -0.1) is 0 Å². The molecule has 1 aliphatic rings. The summed E-state index contributed by atoms with van der Waals surface area (Å²) in [5.41, 5.74) is 3.01. The van der Waals surface area contributed by atoms with E-state index in [9.17, 15) is 4.79 Å². The van der Waals surface area contributed by atoms with Crippen molar-refractivity contribution in [3.8, 4) is 17.2 Å². The minimum atomic E-state index is -0.137. The van der Waals surface area contributed by atoms with Gasteiger partial charge in [-0.1, -0.05) is 24.3 Å². The summed E-state index contributed by atoms with van der Waals surface area (Å²) in [4.78, 5) is 12.9. The maximum atomic E-state index is 12.9. The summed E-state index contributed by atoms with van der Waals surface area (Å²) in [6.07, 6.45) is 1.90. The van der Waals surface area contributed by atoms with Crippen LogP contribution in [-0.4, -0.2) is 25.7 Å². The van der Waals surface area contributed by atoms with Crippen molar-refractivity contribution >= 4 is 5.91 Å². The van der Waals surface area contributed by atoms with Crippen LogP contribution in [0.3, 0.4) is 0 Å². The smallest absolute Gasteiger partial charge is 0.252 e. The average Bonchev–Trinajstić information content (AvgIpc) is 3.07. The first kappa shape index (κ1) is 19.1. The van der Waals surface area contributed by atoms with Crippen molar-refractivity contribution in [3.63, 3.8) is 0 Å². The highest BCUT2D eigenvalue weighted by atomic mass is 16.5. The summed E-state index contributed by atoms with van der Waals surface area (Å²) in [5, 5.41) is 3.15. The predicted octanol–water partition coefficient (Wildman–Crippen LogP) is 4.30. The van der Waals surface area contributed by atoms with Gasteiger partial charge in [0.05, 0.1) is 25.9 Å². The third-order valence-electron chi connectivity index (χ3n) is 4.61. The number of benzene rings is 2. The number of aryl methyl sites for hydroxylation is 1. The molecule has 0 saturated heterocycles. The van der Waals surface area contributed by atoms with Crippen LogP contribution in [0.1, 0.15) is 54.7 Å². The molecule has 0 bridgehead atoms. The highest BCUT2D eigenvalue weighted by Gasteiger charge is 2.25. The Kier molecular flexibility index (Phi) is 6.22. The van der Waals surface area contributed by atoms with E-state index in [4.69, 9.17) is 14.2 Å². The number of carbonyl (C=O) groups is 1. The lowest BCUT2D eigenvalue weighted by atomic mass is 10.1. The van der Waals surface area contributed by atoms with Crippen LogP contribution in [0.5, 0.6) is 17.2 Å². The Morgan fingerprint density at radius 2 is 1.63 bits per heavy atom. The molecule has 5 nitrogen and oxygen atoms in total. The predicted molar refractivity (Wildman–Crippen MR) is 105 cm³/mol. The van der Waals surface area contributed by atoms with Gasteiger partial charge in [-0.25, -0.2) is 0 Å². The van der Waals surface area contributed by atoms with E-state index >= 15 is 0 Å². The molecule has 1 N–H and O–H groups in total. The molecule has 0 unspecified atom stereocenters. The zero-order valence-electron chi connectivity index (χ0n) is 16.2. The number of amides is 1. The van der Waals surface area contributed by atoms with Gasteiger partial charge >= 0.3 is 0 Å². The first-order valence-corrected chi connectivity index (χ1v) is 9.63. The summed E-state index contributed by atoms with van der Waals surface area (Å²) in [5.74, 6) is 1.47. The van der Waals surface area contributed by atoms with E-state index in [1.54, 1.807) is 12.1 Å². The van der Waals surface area contributed by atoms with Gasteiger partial charge in [0.2, 0.25) is 5.75 Å². The number of hydrogen-bond donors (Lipinski definition) is 1. The van der Waals surface area contributed by atoms with Gasteiger partial charge in [-0.3, -0.25) is 4.79 Å². The number of hydrogen-bond acceptors (Lipinski definition) is 4. The Balaban J connectivity index is 1.87. The minimum Gasteiger partial charge on any atom is -0.490 e. The normalized spacial score (nSPS) is 15.1. The third kappa shape index (κ3) is 4.18. The van der Waals surface area contributed by atoms with Crippen LogP contribution in [0.25, 0.3) is 0 Å². The van der Waals surface area contributed by atoms with Crippen LogP contribution in [0.4, 0.5) is 0 Å². The lowest BCUT2D eigenvalue weighted by Crippen LogP contribution is -2.27. The molecule has 0 aliphatic heterocycles. The Labute approximate surface area is 160 Å². The summed E-state index contributed by atoms with van der Waals surface area (Å²) in [6.45, 7) is 7.16. The number of nitrogens with one attached hydrogen (secondary N) is 1. The third-order valence-corrected chi connectivity index (χ3v) is 4.61. The molecule has 1 aliphatic carbocycles. The minimum absolute atomic E-state index is 0.0337. The summed E-state index contributed by atoms with van der Waals surface area (Å²) < 4.78 is 17.1. The van der Waals surface area contributed by atoms with Crippen molar-refractivity contribution in [1.82, 2.24) is 5.32 Å². The topological polar surface area (TPSA) is 56.8 Å². The molecule has 1 amide bonds. The highest BCUT2D eigenvalue weighted by molar-refractivity contribution is 5.96. The van der Waals surface area contributed by atoms with Gasteiger partial charge < -0.3 is 19.5 Å². The van der Waals surface area contributed by atoms with Gasteiger partial charge in [0, 0.05) is 5.56 Å². The molecule has 0 saturated carbocycles. The molecular formula is C22H27NO4. The number of rotatable bonds is 8. The number of ether oxygens (including phenoxy) is 3.